The first-order chi connectivity index (χ1) is 13.9. The van der Waals surface area contributed by atoms with E-state index in [0.717, 1.165) is 17.7 Å². The predicted octanol–water partition coefficient (Wildman–Crippen LogP) is 3.95. The average molecular weight is 386 g/mol. The highest BCUT2D eigenvalue weighted by molar-refractivity contribution is 6.24. The first kappa shape index (κ1) is 17.9. The fraction of sp³-hybridized carbons (Fsp3) is 0.292. The summed E-state index contributed by atoms with van der Waals surface area (Å²) in [7, 11) is 0. The first-order valence-corrected chi connectivity index (χ1v) is 9.94. The van der Waals surface area contributed by atoms with Crippen molar-refractivity contribution in [3.8, 4) is 0 Å². The summed E-state index contributed by atoms with van der Waals surface area (Å²) in [5.74, 6) is -0.447. The maximum absolute atomic E-state index is 13.2. The smallest absolute Gasteiger partial charge is 0.255 e. The van der Waals surface area contributed by atoms with Gasteiger partial charge in [-0.25, -0.2) is 4.90 Å². The summed E-state index contributed by atoms with van der Waals surface area (Å²) < 4.78 is 0. The van der Waals surface area contributed by atoms with Gasteiger partial charge in [0.25, 0.3) is 5.91 Å². The van der Waals surface area contributed by atoms with Crippen LogP contribution in [0.4, 0.5) is 11.4 Å². The number of anilines is 2. The SMILES string of the molecule is Cc1ccc(NC(=O)c2ccc(N3C(=O)C4C5C=CC(C5)C4(C)C3=O)cc2)cc1. The maximum atomic E-state index is 13.2. The molecule has 4 unspecified atom stereocenters. The van der Waals surface area contributed by atoms with Gasteiger partial charge in [-0.15, -0.1) is 0 Å². The van der Waals surface area contributed by atoms with Gasteiger partial charge in [0.2, 0.25) is 11.8 Å². The van der Waals surface area contributed by atoms with Crippen LogP contribution in [0.2, 0.25) is 0 Å². The molecule has 1 heterocycles. The Balaban J connectivity index is 1.37. The Hall–Kier alpha value is -3.21. The average Bonchev–Trinajstić information content (AvgIpc) is 3.35. The van der Waals surface area contributed by atoms with Gasteiger partial charge in [0.1, 0.15) is 0 Å². The number of amides is 3. The van der Waals surface area contributed by atoms with Crippen LogP contribution in [0.3, 0.4) is 0 Å². The molecule has 2 aliphatic carbocycles. The standard InChI is InChI=1S/C24H22N2O3/c1-14-3-9-18(10-4-14)25-21(27)15-6-11-19(12-7-15)26-22(28)20-16-5-8-17(13-16)24(20,2)23(26)29/h3-12,16-17,20H,13H2,1-2H3,(H,25,27). The van der Waals surface area contributed by atoms with E-state index in [9.17, 15) is 14.4 Å². The van der Waals surface area contributed by atoms with Crippen LogP contribution in [-0.2, 0) is 9.59 Å². The zero-order chi connectivity index (χ0) is 20.3. The Morgan fingerprint density at radius 2 is 1.72 bits per heavy atom. The Bertz CT molecular complexity index is 1050. The van der Waals surface area contributed by atoms with E-state index in [0.29, 0.717) is 11.3 Å². The highest BCUT2D eigenvalue weighted by Crippen LogP contribution is 2.60. The molecule has 2 bridgehead atoms. The summed E-state index contributed by atoms with van der Waals surface area (Å²) in [5.41, 5.74) is 2.20. The molecule has 2 aromatic carbocycles. The van der Waals surface area contributed by atoms with E-state index >= 15 is 0 Å². The van der Waals surface area contributed by atoms with Gasteiger partial charge in [0.05, 0.1) is 17.0 Å². The number of nitrogens with zero attached hydrogens (tertiary/aromatic N) is 1. The van der Waals surface area contributed by atoms with Crippen molar-refractivity contribution in [2.24, 2.45) is 23.2 Å². The minimum Gasteiger partial charge on any atom is -0.322 e. The molecule has 1 saturated heterocycles. The molecular weight excluding hydrogens is 364 g/mol. The number of allylic oxidation sites excluding steroid dienone is 2. The summed E-state index contributed by atoms with van der Waals surface area (Å²) in [6, 6.07) is 14.2. The number of fused-ring (bicyclic) bond motifs is 5. The summed E-state index contributed by atoms with van der Waals surface area (Å²) in [6.45, 7) is 3.91. The predicted molar refractivity (Wildman–Crippen MR) is 110 cm³/mol. The van der Waals surface area contributed by atoms with Crippen molar-refractivity contribution in [2.75, 3.05) is 10.2 Å². The van der Waals surface area contributed by atoms with Gasteiger partial charge in [-0.1, -0.05) is 29.8 Å². The Morgan fingerprint density at radius 3 is 2.38 bits per heavy atom. The van der Waals surface area contributed by atoms with Gasteiger partial charge in [0.15, 0.2) is 0 Å². The molecule has 29 heavy (non-hydrogen) atoms. The van der Waals surface area contributed by atoms with Crippen LogP contribution < -0.4 is 10.2 Å². The maximum Gasteiger partial charge on any atom is 0.255 e. The molecular formula is C24H22N2O3. The van der Waals surface area contributed by atoms with Crippen LogP contribution in [0.15, 0.2) is 60.7 Å². The van der Waals surface area contributed by atoms with Gasteiger partial charge in [0, 0.05) is 11.3 Å². The van der Waals surface area contributed by atoms with Crippen molar-refractivity contribution in [2.45, 2.75) is 20.3 Å². The molecule has 0 radical (unpaired) electrons. The fourth-order valence-corrected chi connectivity index (χ4v) is 5.15. The number of nitrogens with one attached hydrogen (secondary N) is 1. The van der Waals surface area contributed by atoms with Crippen LogP contribution in [0.1, 0.15) is 29.3 Å². The van der Waals surface area contributed by atoms with Crippen molar-refractivity contribution >= 4 is 29.1 Å². The molecule has 0 spiro atoms. The number of rotatable bonds is 3. The Kier molecular flexibility index (Phi) is 3.78. The molecule has 1 saturated carbocycles. The second kappa shape index (κ2) is 6.14. The molecule has 0 aromatic heterocycles. The Morgan fingerprint density at radius 1 is 1.03 bits per heavy atom. The van der Waals surface area contributed by atoms with E-state index in [-0.39, 0.29) is 35.5 Å². The van der Waals surface area contributed by atoms with Crippen molar-refractivity contribution in [3.63, 3.8) is 0 Å². The molecule has 5 rings (SSSR count). The highest BCUT2D eigenvalue weighted by atomic mass is 16.2. The number of imide groups is 1. The van der Waals surface area contributed by atoms with Gasteiger partial charge in [-0.2, -0.15) is 0 Å². The molecule has 1 N–H and O–H groups in total. The van der Waals surface area contributed by atoms with E-state index < -0.39 is 5.41 Å². The minimum atomic E-state index is -0.641. The van der Waals surface area contributed by atoms with Crippen LogP contribution in [-0.4, -0.2) is 17.7 Å². The molecule has 3 amide bonds. The van der Waals surface area contributed by atoms with Crippen LogP contribution in [0, 0.1) is 30.1 Å². The third kappa shape index (κ3) is 2.50. The second-order valence-electron chi connectivity index (χ2n) is 8.50. The third-order valence-corrected chi connectivity index (χ3v) is 6.81. The van der Waals surface area contributed by atoms with E-state index in [1.807, 2.05) is 38.1 Å². The first-order valence-electron chi connectivity index (χ1n) is 9.94. The number of aryl methyl sites for hydroxylation is 1. The van der Waals surface area contributed by atoms with Crippen molar-refractivity contribution < 1.29 is 14.4 Å². The van der Waals surface area contributed by atoms with Gasteiger partial charge in [-0.05, 0) is 68.5 Å². The number of carbonyl (C=O) groups excluding carboxylic acids is 3. The molecule has 146 valence electrons. The number of carbonyl (C=O) groups is 3. The highest BCUT2D eigenvalue weighted by Gasteiger charge is 2.67. The van der Waals surface area contributed by atoms with Crippen LogP contribution >= 0.6 is 0 Å². The summed E-state index contributed by atoms with van der Waals surface area (Å²) >= 11 is 0. The van der Waals surface area contributed by atoms with E-state index in [1.54, 1.807) is 24.3 Å². The quantitative estimate of drug-likeness (QED) is 0.642. The van der Waals surface area contributed by atoms with Gasteiger partial charge < -0.3 is 5.32 Å². The number of hydrogen-bond donors (Lipinski definition) is 1. The van der Waals surface area contributed by atoms with E-state index in [2.05, 4.69) is 17.5 Å². The normalized spacial score (nSPS) is 29.4. The zero-order valence-electron chi connectivity index (χ0n) is 16.4. The third-order valence-electron chi connectivity index (χ3n) is 6.81. The lowest BCUT2D eigenvalue weighted by atomic mass is 9.71. The van der Waals surface area contributed by atoms with Crippen molar-refractivity contribution in [1.82, 2.24) is 0 Å². The van der Waals surface area contributed by atoms with Crippen molar-refractivity contribution in [1.29, 1.82) is 0 Å². The van der Waals surface area contributed by atoms with Crippen LogP contribution in [0.5, 0.6) is 0 Å². The van der Waals surface area contributed by atoms with Crippen LogP contribution in [0.25, 0.3) is 0 Å². The molecule has 5 nitrogen and oxygen atoms in total. The molecule has 3 aliphatic rings. The summed E-state index contributed by atoms with van der Waals surface area (Å²) in [4.78, 5) is 40.1. The molecule has 2 aromatic rings. The monoisotopic (exact) mass is 386 g/mol. The largest absolute Gasteiger partial charge is 0.322 e. The molecule has 5 heteroatoms. The lowest BCUT2D eigenvalue weighted by Crippen LogP contribution is -2.37. The van der Waals surface area contributed by atoms with E-state index in [1.165, 1.54) is 4.90 Å². The zero-order valence-corrected chi connectivity index (χ0v) is 16.4. The minimum absolute atomic E-state index is 0.119. The number of benzene rings is 2. The second-order valence-corrected chi connectivity index (χ2v) is 8.50. The lowest BCUT2D eigenvalue weighted by molar-refractivity contribution is -0.127. The molecule has 1 aliphatic heterocycles. The molecule has 4 atom stereocenters. The Labute approximate surface area is 169 Å². The topological polar surface area (TPSA) is 66.5 Å². The fourth-order valence-electron chi connectivity index (χ4n) is 5.15. The van der Waals surface area contributed by atoms with E-state index in [4.69, 9.17) is 0 Å². The number of hydrogen-bond acceptors (Lipinski definition) is 3. The lowest BCUT2D eigenvalue weighted by Gasteiger charge is -2.28. The van der Waals surface area contributed by atoms with Crippen molar-refractivity contribution in [3.05, 3.63) is 71.8 Å². The van der Waals surface area contributed by atoms with Gasteiger partial charge in [-0.3, -0.25) is 14.4 Å². The summed E-state index contributed by atoms with van der Waals surface area (Å²) in [6.07, 6.45) is 5.07. The molecule has 2 fully saturated rings. The summed E-state index contributed by atoms with van der Waals surface area (Å²) in [5, 5.41) is 2.86. The van der Waals surface area contributed by atoms with Gasteiger partial charge >= 0.3 is 0 Å².